The predicted octanol–water partition coefficient (Wildman–Crippen LogP) is -0.121. The lowest BCUT2D eigenvalue weighted by Gasteiger charge is -1.67. The molecule has 0 spiro atoms. The van der Waals surface area contributed by atoms with Crippen LogP contribution in [-0.4, -0.2) is 5.75 Å². The van der Waals surface area contributed by atoms with Gasteiger partial charge in [0.15, 0.2) is 0 Å². The summed E-state index contributed by atoms with van der Waals surface area (Å²) in [6, 6.07) is 0. The summed E-state index contributed by atoms with van der Waals surface area (Å²) in [7, 11) is 0. The van der Waals surface area contributed by atoms with E-state index in [1.54, 1.807) is 0 Å². The van der Waals surface area contributed by atoms with Gasteiger partial charge < -0.3 is 0 Å². The fraction of sp³-hybridized carbons (Fsp3) is 1.00. The molecule has 0 unspecified atom stereocenters. The number of nitrogens with two attached hydrogens (primary N) is 1. The molecule has 0 heterocycles. The van der Waals surface area contributed by atoms with Crippen molar-refractivity contribution in [2.45, 2.75) is 6.92 Å². The molecule has 0 aromatic carbocycles. The van der Waals surface area contributed by atoms with Crippen molar-refractivity contribution >= 4 is 11.6 Å². The maximum atomic E-state index is 4.75. The molecule has 3 heteroatoms. The van der Waals surface area contributed by atoms with Crippen LogP contribution in [0.2, 0.25) is 0 Å². The summed E-state index contributed by atoms with van der Waals surface area (Å²) in [5.74, 6) is 5.78. The van der Waals surface area contributed by atoms with Crippen LogP contribution in [0.1, 0.15) is 6.92 Å². The lowest BCUT2D eigenvalue weighted by Crippen LogP contribution is -1.77. The van der Waals surface area contributed by atoms with Gasteiger partial charge in [0.1, 0.15) is 0 Å². The smallest absolute Gasteiger partial charge is 0.0000209 e. The molecule has 2 nitrogen and oxygen atoms in total. The first kappa shape index (κ1) is 5.11. The molecule has 32 valence electrons. The lowest BCUT2D eigenvalue weighted by molar-refractivity contribution is 1.29. The Kier molecular flexibility index (Phi) is 4.20. The van der Waals surface area contributed by atoms with Gasteiger partial charge in [-0.05, 0) is 5.75 Å². The number of hydrogen-bond donors (Lipinski definition) is 2. The summed E-state index contributed by atoms with van der Waals surface area (Å²) < 4.78 is 3.33. The Morgan fingerprint density at radius 1 is 2.00 bits per heavy atom. The fourth-order valence-corrected chi connectivity index (χ4v) is 0.245. The van der Waals surface area contributed by atoms with Crippen LogP contribution in [-0.2, 0) is 11.6 Å². The minimum Gasteiger partial charge on any atom is -0.221 e. The van der Waals surface area contributed by atoms with Gasteiger partial charge in [-0.2, -0.15) is 4.47 Å². The van der Waals surface area contributed by atoms with Gasteiger partial charge in [-0.3, -0.25) is 0 Å². The molecule has 0 aromatic rings. The van der Waals surface area contributed by atoms with Crippen molar-refractivity contribution in [1.29, 1.82) is 0 Å². The average Bonchev–Trinajstić information content (AvgIpc) is 1.41. The second kappa shape index (κ2) is 4.11. The third kappa shape index (κ3) is 4.11. The summed E-state index contributed by atoms with van der Waals surface area (Å²) in [4.78, 5) is 0. The molecule has 2 N–H and O–H groups in total. The second-order valence-corrected chi connectivity index (χ2v) is 1.72. The average molecular weight is 92.2 g/mol. The fourth-order valence-electron chi connectivity index (χ4n) is 0.0816. The van der Waals surface area contributed by atoms with Gasteiger partial charge in [-0.15, -0.1) is 0 Å². The molecule has 0 aliphatic carbocycles. The summed E-state index contributed by atoms with van der Waals surface area (Å²) in [5, 5.41) is 0. The summed E-state index contributed by atoms with van der Waals surface area (Å²) in [5.41, 5.74) is 0. The number of hydrogen-bond acceptors (Lipinski definition) is 1. The van der Waals surface area contributed by atoms with E-state index in [9.17, 15) is 0 Å². The van der Waals surface area contributed by atoms with Crippen molar-refractivity contribution in [2.75, 3.05) is 5.75 Å². The van der Waals surface area contributed by atoms with Gasteiger partial charge in [-0.1, -0.05) is 18.5 Å². The number of rotatable bonds is 1. The van der Waals surface area contributed by atoms with Crippen molar-refractivity contribution in [3.8, 4) is 0 Å². The van der Waals surface area contributed by atoms with Gasteiger partial charge in [0.05, 0.1) is 0 Å². The monoisotopic (exact) mass is 92.0 g/mol. The van der Waals surface area contributed by atoms with E-state index in [1.807, 2.05) is 6.92 Å². The van der Waals surface area contributed by atoms with Gasteiger partial charge in [0.25, 0.3) is 0 Å². The van der Waals surface area contributed by atoms with Crippen molar-refractivity contribution in [2.24, 2.45) is 10.3 Å². The van der Waals surface area contributed by atoms with E-state index in [1.165, 1.54) is 0 Å². The molecule has 0 aliphatic heterocycles. The Morgan fingerprint density at radius 3 is 2.60 bits per heavy atom. The maximum Gasteiger partial charge on any atom is -0.0000209 e. The molecule has 0 atom stereocenters. The third-order valence-electron chi connectivity index (χ3n) is 0.223. The Labute approximate surface area is 35.5 Å². The lowest BCUT2D eigenvalue weighted by atomic mass is 11.0. The Hall–Kier alpha value is 0.110. The van der Waals surface area contributed by atoms with Crippen LogP contribution in [0.3, 0.4) is 0 Å². The van der Waals surface area contributed by atoms with Crippen LogP contribution in [0, 0.1) is 0 Å². The van der Waals surface area contributed by atoms with E-state index in [0.717, 1.165) is 17.3 Å². The van der Waals surface area contributed by atoms with Crippen LogP contribution in [0.25, 0.3) is 0 Å². The molecule has 0 amide bonds. The highest BCUT2D eigenvalue weighted by molar-refractivity contribution is 7.68. The zero-order chi connectivity index (χ0) is 4.12. The van der Waals surface area contributed by atoms with Crippen molar-refractivity contribution in [1.82, 2.24) is 0 Å². The topological polar surface area (TPSA) is 38.4 Å². The highest BCUT2D eigenvalue weighted by Crippen LogP contribution is 1.53. The summed E-state index contributed by atoms with van der Waals surface area (Å²) in [6.07, 6.45) is 0. The molecule has 0 aromatic heterocycles. The van der Waals surface area contributed by atoms with E-state index in [2.05, 4.69) is 4.47 Å². The maximum absolute atomic E-state index is 4.75. The minimum absolute atomic E-state index is 0.983. The first-order valence-corrected chi connectivity index (χ1v) is 2.51. The Balaban J connectivity index is 2.62. The predicted molar refractivity (Wildman–Crippen MR) is 25.9 cm³/mol. The van der Waals surface area contributed by atoms with Crippen molar-refractivity contribution in [3.63, 3.8) is 0 Å². The van der Waals surface area contributed by atoms with Crippen LogP contribution in [0.5, 0.6) is 0 Å². The van der Waals surface area contributed by atoms with Crippen molar-refractivity contribution in [3.05, 3.63) is 0 Å². The molecule has 0 radical (unpaired) electrons. The quantitative estimate of drug-likeness (QED) is 0.264. The second-order valence-electron chi connectivity index (χ2n) is 0.573. The first-order chi connectivity index (χ1) is 2.41. The van der Waals surface area contributed by atoms with Gasteiger partial charge in [-0.25, -0.2) is 5.84 Å². The molecule has 0 saturated heterocycles. The minimum atomic E-state index is 0.983. The number of thiol groups is 1. The normalized spacial score (nSPS) is 11.6. The van der Waals surface area contributed by atoms with Crippen LogP contribution >= 0.6 is 0 Å². The van der Waals surface area contributed by atoms with E-state index in [-0.39, 0.29) is 0 Å². The summed E-state index contributed by atoms with van der Waals surface area (Å²) in [6.45, 7) is 2.03. The molecule has 0 aliphatic rings. The molecular formula is C2H8N2S. The molecule has 5 heavy (non-hydrogen) atoms. The van der Waals surface area contributed by atoms with Crippen LogP contribution in [0.15, 0.2) is 4.47 Å². The summed E-state index contributed by atoms with van der Waals surface area (Å²) >= 11 is 0.983. The molecule has 0 fully saturated rings. The van der Waals surface area contributed by atoms with Crippen molar-refractivity contribution < 1.29 is 0 Å². The Bertz CT molecular complexity index is 34.6. The zero-order valence-corrected chi connectivity index (χ0v) is 4.07. The zero-order valence-electron chi connectivity index (χ0n) is 3.18. The third-order valence-corrected chi connectivity index (χ3v) is 0.669. The highest BCUT2D eigenvalue weighted by atomic mass is 32.1. The molecule has 0 saturated carbocycles. The van der Waals surface area contributed by atoms with E-state index >= 15 is 0 Å². The molecular weight excluding hydrogens is 84.1 g/mol. The standard InChI is InChI=1S/C2H8N2S/c1-2-5-4-3/h5H,2-3H2,1H3. The van der Waals surface area contributed by atoms with Crippen LogP contribution in [0.4, 0.5) is 0 Å². The molecule has 0 rings (SSSR count). The van der Waals surface area contributed by atoms with Gasteiger partial charge in [0, 0.05) is 0 Å². The molecule has 0 bridgehead atoms. The Morgan fingerprint density at radius 2 is 2.60 bits per heavy atom. The van der Waals surface area contributed by atoms with Gasteiger partial charge in [0.2, 0.25) is 0 Å². The van der Waals surface area contributed by atoms with E-state index in [4.69, 9.17) is 5.84 Å². The van der Waals surface area contributed by atoms with Gasteiger partial charge >= 0.3 is 0 Å². The number of nitrogens with zero attached hydrogens (tertiary/aromatic N) is 1. The van der Waals surface area contributed by atoms with Crippen LogP contribution < -0.4 is 5.84 Å². The SMILES string of the molecule is CC[SH]=NN. The highest BCUT2D eigenvalue weighted by Gasteiger charge is 1.51. The largest absolute Gasteiger partial charge is 0.221 e. The van der Waals surface area contributed by atoms with E-state index in [0.29, 0.717) is 0 Å². The van der Waals surface area contributed by atoms with E-state index < -0.39 is 0 Å². The first-order valence-electron chi connectivity index (χ1n) is 1.48.